The van der Waals surface area contributed by atoms with Crippen molar-refractivity contribution in [3.8, 4) is 11.1 Å². The Hall–Kier alpha value is -2.08. The molecule has 0 fully saturated rings. The summed E-state index contributed by atoms with van der Waals surface area (Å²) in [6, 6.07) is 17.9. The van der Waals surface area contributed by atoms with Gasteiger partial charge in [0.15, 0.2) is 0 Å². The van der Waals surface area contributed by atoms with E-state index in [1.54, 1.807) is 11.1 Å². The first-order valence-corrected chi connectivity index (χ1v) is 8.26. The number of hydrogen-bond donors (Lipinski definition) is 0. The molecule has 0 radical (unpaired) electrons. The van der Waals surface area contributed by atoms with Crippen LogP contribution in [-0.4, -0.2) is 0 Å². The minimum atomic E-state index is 0.443. The predicted molar refractivity (Wildman–Crippen MR) is 94.0 cm³/mol. The van der Waals surface area contributed by atoms with Gasteiger partial charge in [-0.25, -0.2) is 0 Å². The topological polar surface area (TPSA) is 0 Å². The molecule has 2 aromatic carbocycles. The number of hydrogen-bond acceptors (Lipinski definition) is 0. The van der Waals surface area contributed by atoms with Crippen molar-refractivity contribution in [1.29, 1.82) is 0 Å². The first-order valence-electron chi connectivity index (χ1n) is 8.26. The van der Waals surface area contributed by atoms with Gasteiger partial charge in [0.1, 0.15) is 0 Å². The van der Waals surface area contributed by atoms with Gasteiger partial charge in [-0.05, 0) is 47.1 Å². The van der Waals surface area contributed by atoms with Gasteiger partial charge in [-0.15, -0.1) is 0 Å². The van der Waals surface area contributed by atoms with Crippen molar-refractivity contribution >= 4 is 0 Å². The first kappa shape index (κ1) is 13.6. The normalized spacial score (nSPS) is 17.0. The largest absolute Gasteiger partial charge is 0.0772 e. The summed E-state index contributed by atoms with van der Waals surface area (Å²) >= 11 is 0. The molecule has 0 bridgehead atoms. The Balaban J connectivity index is 1.97. The van der Waals surface area contributed by atoms with Gasteiger partial charge in [-0.1, -0.05) is 79.6 Å². The zero-order valence-electron chi connectivity index (χ0n) is 13.6. The number of rotatable bonds is 2. The van der Waals surface area contributed by atoms with Crippen LogP contribution in [0.15, 0.2) is 71.3 Å². The lowest BCUT2D eigenvalue weighted by Gasteiger charge is -2.21. The Morgan fingerprint density at radius 2 is 1.41 bits per heavy atom. The lowest BCUT2D eigenvalue weighted by Crippen LogP contribution is -2.05. The van der Waals surface area contributed by atoms with E-state index in [2.05, 4.69) is 75.4 Å². The van der Waals surface area contributed by atoms with Crippen LogP contribution in [0.5, 0.6) is 0 Å². The van der Waals surface area contributed by atoms with Crippen LogP contribution in [0.3, 0.4) is 0 Å². The fraction of sp³-hybridized carbons (Fsp3) is 0.273. The summed E-state index contributed by atoms with van der Waals surface area (Å²) in [5, 5.41) is 0. The lowest BCUT2D eigenvalue weighted by atomic mass is 9.83. The maximum absolute atomic E-state index is 2.41. The van der Waals surface area contributed by atoms with E-state index in [1.165, 1.54) is 27.8 Å². The van der Waals surface area contributed by atoms with Gasteiger partial charge < -0.3 is 0 Å². The summed E-state index contributed by atoms with van der Waals surface area (Å²) < 4.78 is 0. The van der Waals surface area contributed by atoms with Crippen molar-refractivity contribution < 1.29 is 0 Å². The molecule has 2 aliphatic rings. The monoisotopic (exact) mass is 286 g/mol. The summed E-state index contributed by atoms with van der Waals surface area (Å²) in [4.78, 5) is 0. The van der Waals surface area contributed by atoms with Crippen molar-refractivity contribution in [2.24, 2.45) is 5.92 Å². The van der Waals surface area contributed by atoms with Crippen LogP contribution in [0.25, 0.3) is 11.1 Å². The molecule has 0 aliphatic heterocycles. The van der Waals surface area contributed by atoms with Crippen LogP contribution < -0.4 is 0 Å². The minimum absolute atomic E-state index is 0.443. The average Bonchev–Trinajstić information content (AvgIpc) is 3.05. The van der Waals surface area contributed by atoms with Gasteiger partial charge >= 0.3 is 0 Å². The van der Waals surface area contributed by atoms with Crippen molar-refractivity contribution in [2.75, 3.05) is 0 Å². The van der Waals surface area contributed by atoms with E-state index in [0.29, 0.717) is 11.8 Å². The molecule has 0 spiro atoms. The maximum atomic E-state index is 2.41. The standard InChI is InChI=1S/C22H22/c1-14(2)21-15(3)12-13-20(21)22-18-10-6-4-8-16(18)17-9-5-7-11-19(17)22/h4-12,14,22H,13H2,1-3H3. The highest BCUT2D eigenvalue weighted by molar-refractivity contribution is 5.81. The van der Waals surface area contributed by atoms with Crippen LogP contribution in [0.2, 0.25) is 0 Å². The van der Waals surface area contributed by atoms with E-state index >= 15 is 0 Å². The van der Waals surface area contributed by atoms with Gasteiger partial charge in [0.05, 0.1) is 0 Å². The van der Waals surface area contributed by atoms with Crippen LogP contribution in [0, 0.1) is 5.92 Å². The molecular weight excluding hydrogens is 264 g/mol. The second kappa shape index (κ2) is 4.98. The average molecular weight is 286 g/mol. The zero-order valence-corrected chi connectivity index (χ0v) is 13.6. The van der Waals surface area contributed by atoms with E-state index in [4.69, 9.17) is 0 Å². The third-order valence-electron chi connectivity index (χ3n) is 5.16. The second-order valence-electron chi connectivity index (χ2n) is 6.79. The SMILES string of the molecule is CC1=CCC(C2c3ccccc3-c3ccccc32)=C1C(C)C. The second-order valence-corrected chi connectivity index (χ2v) is 6.79. The number of benzene rings is 2. The molecule has 0 heteroatoms. The van der Waals surface area contributed by atoms with Gasteiger partial charge in [-0.2, -0.15) is 0 Å². The fourth-order valence-electron chi connectivity index (χ4n) is 4.37. The first-order chi connectivity index (χ1) is 10.7. The Morgan fingerprint density at radius 1 is 0.864 bits per heavy atom. The third-order valence-corrected chi connectivity index (χ3v) is 5.16. The van der Waals surface area contributed by atoms with E-state index in [-0.39, 0.29) is 0 Å². The summed E-state index contributed by atoms with van der Waals surface area (Å²) in [7, 11) is 0. The molecular formula is C22H22. The van der Waals surface area contributed by atoms with Crippen LogP contribution in [-0.2, 0) is 0 Å². The highest BCUT2D eigenvalue weighted by Crippen LogP contribution is 2.52. The van der Waals surface area contributed by atoms with Crippen molar-refractivity contribution in [3.63, 3.8) is 0 Å². The molecule has 0 aromatic heterocycles. The van der Waals surface area contributed by atoms with E-state index in [1.807, 2.05) is 0 Å². The van der Waals surface area contributed by atoms with Crippen LogP contribution >= 0.6 is 0 Å². The summed E-state index contributed by atoms with van der Waals surface area (Å²) in [5.41, 5.74) is 10.5. The summed E-state index contributed by atoms with van der Waals surface area (Å²) in [6.07, 6.45) is 3.51. The smallest absolute Gasteiger partial charge is 0.0320 e. The van der Waals surface area contributed by atoms with E-state index in [0.717, 1.165) is 6.42 Å². The summed E-state index contributed by atoms with van der Waals surface area (Å²) in [6.45, 7) is 6.92. The molecule has 2 aliphatic carbocycles. The Labute approximate surface area is 133 Å². The highest BCUT2D eigenvalue weighted by atomic mass is 14.4. The Bertz CT molecular complexity index is 757. The zero-order chi connectivity index (χ0) is 15.3. The molecule has 2 aromatic rings. The van der Waals surface area contributed by atoms with Gasteiger partial charge in [0.25, 0.3) is 0 Å². The fourth-order valence-corrected chi connectivity index (χ4v) is 4.37. The van der Waals surface area contributed by atoms with Crippen LogP contribution in [0.1, 0.15) is 44.2 Å². The van der Waals surface area contributed by atoms with Crippen molar-refractivity contribution in [2.45, 2.75) is 33.1 Å². The molecule has 0 N–H and O–H groups in total. The summed E-state index contributed by atoms with van der Waals surface area (Å²) in [5.74, 6) is 1.03. The molecule has 110 valence electrons. The maximum Gasteiger partial charge on any atom is 0.0320 e. The van der Waals surface area contributed by atoms with Gasteiger partial charge in [0, 0.05) is 5.92 Å². The van der Waals surface area contributed by atoms with Crippen molar-refractivity contribution in [3.05, 3.63) is 82.5 Å². The Kier molecular flexibility index (Phi) is 3.07. The molecule has 0 saturated heterocycles. The third kappa shape index (κ3) is 1.83. The highest BCUT2D eigenvalue weighted by Gasteiger charge is 2.33. The quantitative estimate of drug-likeness (QED) is 0.625. The van der Waals surface area contributed by atoms with Gasteiger partial charge in [0.2, 0.25) is 0 Å². The molecule has 0 heterocycles. The molecule has 0 unspecified atom stereocenters. The van der Waals surface area contributed by atoms with Crippen LogP contribution in [0.4, 0.5) is 0 Å². The molecule has 0 amide bonds. The molecule has 0 saturated carbocycles. The lowest BCUT2D eigenvalue weighted by molar-refractivity contribution is 0.755. The number of fused-ring (bicyclic) bond motifs is 3. The molecule has 0 nitrogen and oxygen atoms in total. The minimum Gasteiger partial charge on any atom is -0.0772 e. The Morgan fingerprint density at radius 3 is 1.95 bits per heavy atom. The molecule has 4 rings (SSSR count). The van der Waals surface area contributed by atoms with E-state index < -0.39 is 0 Å². The molecule has 0 atom stereocenters. The number of allylic oxidation sites excluding steroid dienone is 4. The predicted octanol–water partition coefficient (Wildman–Crippen LogP) is 6.10. The molecule has 22 heavy (non-hydrogen) atoms. The van der Waals surface area contributed by atoms with Gasteiger partial charge in [-0.3, -0.25) is 0 Å². The van der Waals surface area contributed by atoms with Crippen molar-refractivity contribution in [1.82, 2.24) is 0 Å². The van der Waals surface area contributed by atoms with E-state index in [9.17, 15) is 0 Å².